The molecule has 0 unspecified atom stereocenters. The zero-order valence-electron chi connectivity index (χ0n) is 15.5. The molecule has 1 N–H and O–H groups in total. The van der Waals surface area contributed by atoms with Crippen molar-refractivity contribution in [3.8, 4) is 6.07 Å². The molecule has 0 aliphatic carbocycles. The first kappa shape index (κ1) is 17.9. The van der Waals surface area contributed by atoms with Crippen LogP contribution in [0.4, 0.5) is 0 Å². The summed E-state index contributed by atoms with van der Waals surface area (Å²) in [4.78, 5) is 29.8. The lowest BCUT2D eigenvalue weighted by atomic mass is 9.82. The standard InChI is InChI=1S/C21H23N3O2/c1-13-10-16(12-22)19(25)23-18(13)20(26)24-14(2)11-17(21(24,3)4)15-8-6-5-7-9-15/h5-10,14,17H,11H2,1-4H3,(H,23,25)/t14-,17-/m1/s1. The summed E-state index contributed by atoms with van der Waals surface area (Å²) in [6, 6.07) is 13.6. The van der Waals surface area contributed by atoms with Crippen LogP contribution in [0.15, 0.2) is 41.2 Å². The molecule has 1 amide bonds. The van der Waals surface area contributed by atoms with Crippen LogP contribution in [-0.2, 0) is 0 Å². The molecule has 3 rings (SSSR count). The lowest BCUT2D eigenvalue weighted by Crippen LogP contribution is -2.48. The molecule has 1 aromatic heterocycles. The predicted octanol–water partition coefficient (Wildman–Crippen LogP) is 3.35. The molecule has 26 heavy (non-hydrogen) atoms. The van der Waals surface area contributed by atoms with E-state index in [-0.39, 0.29) is 29.1 Å². The molecule has 1 saturated heterocycles. The number of hydrogen-bond donors (Lipinski definition) is 1. The highest BCUT2D eigenvalue weighted by atomic mass is 16.2. The van der Waals surface area contributed by atoms with Crippen LogP contribution in [0.5, 0.6) is 0 Å². The van der Waals surface area contributed by atoms with E-state index in [1.807, 2.05) is 36.1 Å². The Bertz CT molecular complexity index is 938. The smallest absolute Gasteiger partial charge is 0.271 e. The average molecular weight is 349 g/mol. The van der Waals surface area contributed by atoms with Gasteiger partial charge in [-0.2, -0.15) is 5.26 Å². The minimum Gasteiger partial charge on any atom is -0.329 e. The summed E-state index contributed by atoms with van der Waals surface area (Å²) in [7, 11) is 0. The van der Waals surface area contributed by atoms with Crippen molar-refractivity contribution in [2.75, 3.05) is 0 Å². The molecular formula is C21H23N3O2. The van der Waals surface area contributed by atoms with Gasteiger partial charge in [0.1, 0.15) is 17.3 Å². The molecule has 1 aliphatic rings. The number of nitriles is 1. The van der Waals surface area contributed by atoms with Gasteiger partial charge < -0.3 is 9.88 Å². The Morgan fingerprint density at radius 2 is 1.96 bits per heavy atom. The monoisotopic (exact) mass is 349 g/mol. The quantitative estimate of drug-likeness (QED) is 0.903. The van der Waals surface area contributed by atoms with Crippen LogP contribution < -0.4 is 5.56 Å². The molecule has 134 valence electrons. The number of H-pyrrole nitrogens is 1. The van der Waals surface area contributed by atoms with E-state index in [2.05, 4.69) is 31.0 Å². The van der Waals surface area contributed by atoms with E-state index in [1.54, 1.807) is 6.92 Å². The number of nitrogens with one attached hydrogen (secondary N) is 1. The molecule has 5 nitrogen and oxygen atoms in total. The first-order valence-corrected chi connectivity index (χ1v) is 8.80. The number of aromatic amines is 1. The lowest BCUT2D eigenvalue weighted by molar-refractivity contribution is 0.0554. The van der Waals surface area contributed by atoms with Gasteiger partial charge in [-0.1, -0.05) is 30.3 Å². The summed E-state index contributed by atoms with van der Waals surface area (Å²) in [5.41, 5.74) is 1.19. The molecule has 0 radical (unpaired) electrons. The van der Waals surface area contributed by atoms with Gasteiger partial charge in [-0.05, 0) is 51.3 Å². The summed E-state index contributed by atoms with van der Waals surface area (Å²) in [6.45, 7) is 7.93. The van der Waals surface area contributed by atoms with Gasteiger partial charge in [0.05, 0.1) is 0 Å². The number of aromatic nitrogens is 1. The molecule has 0 spiro atoms. The largest absolute Gasteiger partial charge is 0.329 e. The minimum absolute atomic E-state index is 0.0231. The van der Waals surface area contributed by atoms with Gasteiger partial charge >= 0.3 is 0 Å². The van der Waals surface area contributed by atoms with Crippen molar-refractivity contribution >= 4 is 5.91 Å². The third-order valence-corrected chi connectivity index (χ3v) is 5.48. The number of carbonyl (C=O) groups is 1. The molecular weight excluding hydrogens is 326 g/mol. The number of hydrogen-bond acceptors (Lipinski definition) is 3. The second-order valence-corrected chi connectivity index (χ2v) is 7.56. The fraction of sp³-hybridized carbons (Fsp3) is 0.381. The van der Waals surface area contributed by atoms with Gasteiger partial charge in [-0.15, -0.1) is 0 Å². The Morgan fingerprint density at radius 3 is 2.58 bits per heavy atom. The molecule has 5 heteroatoms. The van der Waals surface area contributed by atoms with E-state index in [0.717, 1.165) is 6.42 Å². The topological polar surface area (TPSA) is 77.0 Å². The van der Waals surface area contributed by atoms with Crippen LogP contribution in [-0.4, -0.2) is 27.4 Å². The molecule has 0 bridgehead atoms. The van der Waals surface area contributed by atoms with Gasteiger partial charge in [0.25, 0.3) is 11.5 Å². The van der Waals surface area contributed by atoms with Crippen LogP contribution in [0, 0.1) is 18.3 Å². The number of aryl methyl sites for hydroxylation is 1. The molecule has 1 aliphatic heterocycles. The average Bonchev–Trinajstić information content (AvgIpc) is 2.85. The summed E-state index contributed by atoms with van der Waals surface area (Å²) < 4.78 is 0. The summed E-state index contributed by atoms with van der Waals surface area (Å²) in [6.07, 6.45) is 0.863. The number of rotatable bonds is 2. The maximum atomic E-state index is 13.3. The summed E-state index contributed by atoms with van der Waals surface area (Å²) in [5, 5.41) is 9.00. The maximum Gasteiger partial charge on any atom is 0.271 e. The van der Waals surface area contributed by atoms with Crippen molar-refractivity contribution in [1.29, 1.82) is 5.26 Å². The second-order valence-electron chi connectivity index (χ2n) is 7.56. The van der Waals surface area contributed by atoms with Gasteiger partial charge in [0, 0.05) is 17.5 Å². The molecule has 1 fully saturated rings. The molecule has 1 aromatic carbocycles. The van der Waals surface area contributed by atoms with Crippen molar-refractivity contribution in [2.24, 2.45) is 0 Å². The van der Waals surface area contributed by atoms with E-state index >= 15 is 0 Å². The maximum absolute atomic E-state index is 13.3. The number of carbonyl (C=O) groups excluding carboxylic acids is 1. The highest BCUT2D eigenvalue weighted by Crippen LogP contribution is 2.45. The van der Waals surface area contributed by atoms with Crippen molar-refractivity contribution in [1.82, 2.24) is 9.88 Å². The van der Waals surface area contributed by atoms with Crippen LogP contribution in [0.3, 0.4) is 0 Å². The van der Waals surface area contributed by atoms with Crippen LogP contribution in [0.2, 0.25) is 0 Å². The van der Waals surface area contributed by atoms with Gasteiger partial charge in [0.2, 0.25) is 0 Å². The lowest BCUT2D eigenvalue weighted by Gasteiger charge is -2.38. The van der Waals surface area contributed by atoms with Gasteiger partial charge in [-0.3, -0.25) is 9.59 Å². The van der Waals surface area contributed by atoms with Crippen LogP contribution in [0.25, 0.3) is 0 Å². The van der Waals surface area contributed by atoms with Crippen molar-refractivity contribution in [2.45, 2.75) is 51.6 Å². The van der Waals surface area contributed by atoms with Crippen LogP contribution in [0.1, 0.15) is 60.3 Å². The highest BCUT2D eigenvalue weighted by molar-refractivity contribution is 5.94. The predicted molar refractivity (Wildman–Crippen MR) is 100 cm³/mol. The first-order chi connectivity index (χ1) is 12.3. The van der Waals surface area contributed by atoms with Gasteiger partial charge in [-0.25, -0.2) is 0 Å². The van der Waals surface area contributed by atoms with Gasteiger partial charge in [0.15, 0.2) is 0 Å². The normalized spacial score (nSPS) is 21.4. The van der Waals surface area contributed by atoms with E-state index < -0.39 is 11.1 Å². The van der Waals surface area contributed by atoms with E-state index in [4.69, 9.17) is 5.26 Å². The SMILES string of the molecule is Cc1cc(C#N)c(=O)[nH]c1C(=O)N1[C@H](C)C[C@H](c2ccccc2)C1(C)C. The molecule has 2 aromatic rings. The van der Waals surface area contributed by atoms with E-state index in [9.17, 15) is 9.59 Å². The highest BCUT2D eigenvalue weighted by Gasteiger charge is 2.48. The van der Waals surface area contributed by atoms with Crippen molar-refractivity contribution < 1.29 is 4.79 Å². The summed E-state index contributed by atoms with van der Waals surface area (Å²) >= 11 is 0. The second kappa shape index (κ2) is 6.45. The molecule has 0 saturated carbocycles. The zero-order chi connectivity index (χ0) is 19.1. The first-order valence-electron chi connectivity index (χ1n) is 8.80. The zero-order valence-corrected chi connectivity index (χ0v) is 15.5. The van der Waals surface area contributed by atoms with Crippen molar-refractivity contribution in [3.05, 3.63) is 69.1 Å². The Morgan fingerprint density at radius 1 is 1.31 bits per heavy atom. The Hall–Kier alpha value is -2.87. The number of pyridine rings is 1. The molecule has 2 heterocycles. The number of amides is 1. The molecule has 2 atom stereocenters. The fourth-order valence-corrected chi connectivity index (χ4v) is 4.22. The van der Waals surface area contributed by atoms with Crippen molar-refractivity contribution in [3.63, 3.8) is 0 Å². The fourth-order valence-electron chi connectivity index (χ4n) is 4.22. The third-order valence-electron chi connectivity index (χ3n) is 5.48. The summed E-state index contributed by atoms with van der Waals surface area (Å²) in [5.74, 6) is 0.0214. The number of likely N-dealkylation sites (tertiary alicyclic amines) is 1. The van der Waals surface area contributed by atoms with Crippen LogP contribution >= 0.6 is 0 Å². The Labute approximate surface area is 153 Å². The minimum atomic E-state index is -0.522. The van der Waals surface area contributed by atoms with E-state index in [0.29, 0.717) is 5.56 Å². The third kappa shape index (κ3) is 2.82. The Balaban J connectivity index is 2.01. The Kier molecular flexibility index (Phi) is 4.45. The number of benzene rings is 1. The number of nitrogens with zero attached hydrogens (tertiary/aromatic N) is 2. The van der Waals surface area contributed by atoms with E-state index in [1.165, 1.54) is 11.6 Å².